The molecule has 1 fully saturated rings. The van der Waals surface area contributed by atoms with E-state index < -0.39 is 48.6 Å². The molecule has 0 aromatic heterocycles. The Bertz CT molecular complexity index is 443. The maximum Gasteiger partial charge on any atom is 0.307 e. The monoisotopic (exact) mass is 317 g/mol. The van der Waals surface area contributed by atoms with Crippen molar-refractivity contribution >= 4 is 23.9 Å². The van der Waals surface area contributed by atoms with Crippen molar-refractivity contribution < 1.29 is 39.2 Å². The smallest absolute Gasteiger partial charge is 0.307 e. The molecule has 9 nitrogen and oxygen atoms in total. The van der Waals surface area contributed by atoms with Crippen molar-refractivity contribution in [1.82, 2.24) is 5.32 Å². The summed E-state index contributed by atoms with van der Waals surface area (Å²) in [7, 11) is 0. The Hall–Kier alpha value is -2.16. The lowest BCUT2D eigenvalue weighted by Crippen LogP contribution is -2.36. The van der Waals surface area contributed by atoms with Gasteiger partial charge in [0.1, 0.15) is 6.10 Å². The Morgan fingerprint density at radius 2 is 1.45 bits per heavy atom. The average Bonchev–Trinajstić information content (AvgIpc) is 2.43. The highest BCUT2D eigenvalue weighted by molar-refractivity contribution is 5.86. The third-order valence-corrected chi connectivity index (χ3v) is 3.49. The fraction of sp³-hybridized carbons (Fsp3) is 0.692. The molecule has 1 saturated heterocycles. The van der Waals surface area contributed by atoms with E-state index in [-0.39, 0.29) is 6.10 Å². The molecule has 9 heteroatoms. The van der Waals surface area contributed by atoms with Crippen LogP contribution in [0, 0.1) is 11.8 Å². The van der Waals surface area contributed by atoms with Gasteiger partial charge in [0.2, 0.25) is 0 Å². The fourth-order valence-electron chi connectivity index (χ4n) is 2.32. The lowest BCUT2D eigenvalue weighted by Gasteiger charge is -2.24. The number of carboxylic acids is 3. The molecule has 1 aliphatic heterocycles. The SMILES string of the molecule is O=C(O)CC(C(=O)O)C(CC(=O)OC1CCNCC1)C(=O)O. The number of esters is 1. The van der Waals surface area contributed by atoms with Crippen LogP contribution in [0.1, 0.15) is 25.7 Å². The Balaban J connectivity index is 2.68. The quantitative estimate of drug-likeness (QED) is 0.436. The summed E-state index contributed by atoms with van der Waals surface area (Å²) >= 11 is 0. The summed E-state index contributed by atoms with van der Waals surface area (Å²) in [4.78, 5) is 44.7. The molecule has 124 valence electrons. The van der Waals surface area contributed by atoms with Gasteiger partial charge in [0, 0.05) is 0 Å². The van der Waals surface area contributed by atoms with Crippen LogP contribution < -0.4 is 5.32 Å². The number of hydrogen-bond donors (Lipinski definition) is 4. The van der Waals surface area contributed by atoms with Crippen LogP contribution in [0.25, 0.3) is 0 Å². The molecule has 1 heterocycles. The van der Waals surface area contributed by atoms with E-state index in [0.717, 1.165) is 0 Å². The minimum atomic E-state index is -1.68. The summed E-state index contributed by atoms with van der Waals surface area (Å²) in [5.41, 5.74) is 0. The van der Waals surface area contributed by atoms with E-state index in [9.17, 15) is 19.2 Å². The molecule has 0 bridgehead atoms. The van der Waals surface area contributed by atoms with Crippen molar-refractivity contribution in [2.75, 3.05) is 13.1 Å². The molecular formula is C13H19NO8. The first-order chi connectivity index (χ1) is 10.3. The number of piperidine rings is 1. The molecule has 22 heavy (non-hydrogen) atoms. The van der Waals surface area contributed by atoms with Gasteiger partial charge in [-0.3, -0.25) is 19.2 Å². The molecule has 1 rings (SSSR count). The molecule has 0 radical (unpaired) electrons. The van der Waals surface area contributed by atoms with Crippen LogP contribution in [-0.4, -0.2) is 58.4 Å². The molecule has 0 aliphatic carbocycles. The van der Waals surface area contributed by atoms with Crippen molar-refractivity contribution in [1.29, 1.82) is 0 Å². The lowest BCUT2D eigenvalue weighted by molar-refractivity contribution is -0.163. The standard InChI is InChI=1S/C13H19NO8/c15-10(16)5-8(12(18)19)9(13(20)21)6-11(17)22-7-1-3-14-4-2-7/h7-9,14H,1-6H2,(H,15,16)(H,18,19)(H,20,21). The van der Waals surface area contributed by atoms with E-state index in [1.807, 2.05) is 0 Å². The third-order valence-electron chi connectivity index (χ3n) is 3.49. The highest BCUT2D eigenvalue weighted by atomic mass is 16.5. The number of hydrogen-bond acceptors (Lipinski definition) is 6. The summed E-state index contributed by atoms with van der Waals surface area (Å²) in [6.07, 6.45) is -0.663. The second-order valence-corrected chi connectivity index (χ2v) is 5.13. The summed E-state index contributed by atoms with van der Waals surface area (Å²) < 4.78 is 5.12. The van der Waals surface area contributed by atoms with Crippen molar-refractivity contribution in [3.05, 3.63) is 0 Å². The number of carboxylic acid groups (broad SMARTS) is 3. The highest BCUT2D eigenvalue weighted by Gasteiger charge is 2.37. The van der Waals surface area contributed by atoms with Gasteiger partial charge >= 0.3 is 23.9 Å². The van der Waals surface area contributed by atoms with Gasteiger partial charge in [-0.25, -0.2) is 0 Å². The molecule has 0 amide bonds. The molecule has 0 aromatic rings. The van der Waals surface area contributed by atoms with Crippen LogP contribution in [0.2, 0.25) is 0 Å². The zero-order valence-electron chi connectivity index (χ0n) is 11.9. The number of nitrogens with one attached hydrogen (secondary N) is 1. The lowest BCUT2D eigenvalue weighted by atomic mass is 9.87. The van der Waals surface area contributed by atoms with Crippen molar-refractivity contribution in [3.8, 4) is 0 Å². The van der Waals surface area contributed by atoms with Crippen LogP contribution >= 0.6 is 0 Å². The zero-order valence-corrected chi connectivity index (χ0v) is 11.9. The first kappa shape index (κ1) is 17.9. The van der Waals surface area contributed by atoms with E-state index in [4.69, 9.17) is 20.1 Å². The maximum atomic E-state index is 11.8. The Morgan fingerprint density at radius 3 is 1.91 bits per heavy atom. The van der Waals surface area contributed by atoms with Crippen molar-refractivity contribution in [3.63, 3.8) is 0 Å². The first-order valence-corrected chi connectivity index (χ1v) is 6.89. The van der Waals surface area contributed by atoms with Gasteiger partial charge in [-0.1, -0.05) is 0 Å². The predicted octanol–water partition coefficient (Wildman–Crippen LogP) is -0.452. The highest BCUT2D eigenvalue weighted by Crippen LogP contribution is 2.22. The summed E-state index contributed by atoms with van der Waals surface area (Å²) in [6.45, 7) is 1.36. The van der Waals surface area contributed by atoms with E-state index in [1.54, 1.807) is 0 Å². The molecule has 2 unspecified atom stereocenters. The van der Waals surface area contributed by atoms with E-state index in [1.165, 1.54) is 0 Å². The van der Waals surface area contributed by atoms with E-state index >= 15 is 0 Å². The first-order valence-electron chi connectivity index (χ1n) is 6.89. The Labute approximate surface area is 126 Å². The number of ether oxygens (including phenoxy) is 1. The number of rotatable bonds is 8. The molecule has 0 spiro atoms. The second kappa shape index (κ2) is 8.32. The normalized spacial score (nSPS) is 18.2. The van der Waals surface area contributed by atoms with Crippen LogP contribution in [0.4, 0.5) is 0 Å². The number of carbonyl (C=O) groups is 4. The fourth-order valence-corrected chi connectivity index (χ4v) is 2.32. The van der Waals surface area contributed by atoms with Gasteiger partial charge in [-0.2, -0.15) is 0 Å². The van der Waals surface area contributed by atoms with Gasteiger partial charge in [0.05, 0.1) is 24.7 Å². The van der Waals surface area contributed by atoms with Crippen LogP contribution in [-0.2, 0) is 23.9 Å². The summed E-state index contributed by atoms with van der Waals surface area (Å²) in [5.74, 6) is -8.68. The van der Waals surface area contributed by atoms with E-state index in [0.29, 0.717) is 25.9 Å². The third kappa shape index (κ3) is 5.68. The summed E-state index contributed by atoms with van der Waals surface area (Å²) in [6, 6.07) is 0. The van der Waals surface area contributed by atoms with Gasteiger partial charge in [0.15, 0.2) is 0 Å². The van der Waals surface area contributed by atoms with Gasteiger partial charge < -0.3 is 25.4 Å². The molecular weight excluding hydrogens is 298 g/mol. The van der Waals surface area contributed by atoms with Crippen molar-refractivity contribution in [2.45, 2.75) is 31.8 Å². The van der Waals surface area contributed by atoms with Crippen LogP contribution in [0.15, 0.2) is 0 Å². The maximum absolute atomic E-state index is 11.8. The average molecular weight is 317 g/mol. The molecule has 0 saturated carbocycles. The summed E-state index contributed by atoms with van der Waals surface area (Å²) in [5, 5.41) is 29.8. The Morgan fingerprint density at radius 1 is 0.955 bits per heavy atom. The topological polar surface area (TPSA) is 150 Å². The Kier molecular flexibility index (Phi) is 6.77. The molecule has 4 N–H and O–H groups in total. The van der Waals surface area contributed by atoms with Gasteiger partial charge in [-0.05, 0) is 25.9 Å². The van der Waals surface area contributed by atoms with Crippen LogP contribution in [0.5, 0.6) is 0 Å². The second-order valence-electron chi connectivity index (χ2n) is 5.13. The number of carbonyl (C=O) groups excluding carboxylic acids is 1. The molecule has 0 aromatic carbocycles. The van der Waals surface area contributed by atoms with Gasteiger partial charge in [-0.15, -0.1) is 0 Å². The number of aliphatic carboxylic acids is 3. The largest absolute Gasteiger partial charge is 0.481 e. The van der Waals surface area contributed by atoms with Crippen molar-refractivity contribution in [2.24, 2.45) is 11.8 Å². The molecule has 2 atom stereocenters. The molecule has 1 aliphatic rings. The van der Waals surface area contributed by atoms with Crippen LogP contribution in [0.3, 0.4) is 0 Å². The minimum Gasteiger partial charge on any atom is -0.481 e. The van der Waals surface area contributed by atoms with E-state index in [2.05, 4.69) is 5.32 Å². The zero-order chi connectivity index (χ0) is 16.7. The van der Waals surface area contributed by atoms with Gasteiger partial charge in [0.25, 0.3) is 0 Å². The minimum absolute atomic E-state index is 0.328. The predicted molar refractivity (Wildman–Crippen MR) is 71.1 cm³/mol.